The van der Waals surface area contributed by atoms with E-state index in [1.807, 2.05) is 18.2 Å². The van der Waals surface area contributed by atoms with Crippen LogP contribution in [-0.2, 0) is 10.0 Å². The van der Waals surface area contributed by atoms with Crippen LogP contribution in [0.3, 0.4) is 0 Å². The molecule has 0 saturated heterocycles. The summed E-state index contributed by atoms with van der Waals surface area (Å²) in [4.78, 5) is 1.70. The van der Waals surface area contributed by atoms with Crippen LogP contribution in [0.2, 0.25) is 0 Å². The first-order valence-electron chi connectivity index (χ1n) is 3.59. The van der Waals surface area contributed by atoms with Gasteiger partial charge in [-0.2, -0.15) is 4.83 Å². The van der Waals surface area contributed by atoms with Gasteiger partial charge in [0, 0.05) is 5.41 Å². The van der Waals surface area contributed by atoms with Crippen molar-refractivity contribution in [1.29, 1.82) is 0 Å². The van der Waals surface area contributed by atoms with Crippen LogP contribution in [0.15, 0.2) is 35.7 Å². The summed E-state index contributed by atoms with van der Waals surface area (Å²) in [5.74, 6) is 4.78. The summed E-state index contributed by atoms with van der Waals surface area (Å²) in [5, 5.41) is 1.02. The second-order valence-corrected chi connectivity index (χ2v) is 3.97. The normalized spacial score (nSPS) is 12.1. The molecule has 0 radical (unpaired) electrons. The fourth-order valence-corrected chi connectivity index (χ4v) is 1.19. The SMILES string of the molecule is NNS(=O)(=O)C=Cc1ccccc1. The molecule has 0 aliphatic rings. The highest BCUT2D eigenvalue weighted by molar-refractivity contribution is 7.92. The topological polar surface area (TPSA) is 72.2 Å². The molecule has 0 aliphatic carbocycles. The molecule has 0 aromatic heterocycles. The van der Waals surface area contributed by atoms with Crippen LogP contribution in [0.1, 0.15) is 5.56 Å². The minimum absolute atomic E-state index is 0.807. The van der Waals surface area contributed by atoms with Gasteiger partial charge in [0.2, 0.25) is 10.0 Å². The van der Waals surface area contributed by atoms with Gasteiger partial charge < -0.3 is 0 Å². The molecular formula is C8H10N2O2S. The first-order valence-corrected chi connectivity index (χ1v) is 5.14. The van der Waals surface area contributed by atoms with Crippen LogP contribution >= 0.6 is 0 Å². The van der Waals surface area contributed by atoms with Gasteiger partial charge in [0.1, 0.15) is 0 Å². The predicted molar refractivity (Wildman–Crippen MR) is 51.7 cm³/mol. The number of benzene rings is 1. The highest BCUT2D eigenvalue weighted by atomic mass is 32.2. The molecule has 1 rings (SSSR count). The van der Waals surface area contributed by atoms with Crippen molar-refractivity contribution in [2.24, 2.45) is 5.84 Å². The largest absolute Gasteiger partial charge is 0.257 e. The van der Waals surface area contributed by atoms with Gasteiger partial charge in [0.25, 0.3) is 0 Å². The fraction of sp³-hybridized carbons (Fsp3) is 0. The maximum absolute atomic E-state index is 10.8. The van der Waals surface area contributed by atoms with Gasteiger partial charge in [0.15, 0.2) is 0 Å². The van der Waals surface area contributed by atoms with Gasteiger partial charge in [0.05, 0.1) is 0 Å². The van der Waals surface area contributed by atoms with E-state index in [0.29, 0.717) is 0 Å². The van der Waals surface area contributed by atoms with E-state index >= 15 is 0 Å². The lowest BCUT2D eigenvalue weighted by molar-refractivity contribution is 0.593. The van der Waals surface area contributed by atoms with Gasteiger partial charge >= 0.3 is 0 Å². The molecule has 13 heavy (non-hydrogen) atoms. The molecule has 1 aromatic carbocycles. The third-order valence-electron chi connectivity index (χ3n) is 1.40. The maximum Gasteiger partial charge on any atom is 0.246 e. The van der Waals surface area contributed by atoms with Crippen molar-refractivity contribution in [2.45, 2.75) is 0 Å². The predicted octanol–water partition coefficient (Wildman–Crippen LogP) is 0.450. The number of sulfonamides is 1. The van der Waals surface area contributed by atoms with E-state index in [1.165, 1.54) is 6.08 Å². The summed E-state index contributed by atoms with van der Waals surface area (Å²) in [5.41, 5.74) is 0.807. The van der Waals surface area contributed by atoms with Crippen molar-refractivity contribution in [1.82, 2.24) is 4.83 Å². The number of hydrogen-bond donors (Lipinski definition) is 2. The monoisotopic (exact) mass is 198 g/mol. The van der Waals surface area contributed by atoms with E-state index in [9.17, 15) is 8.42 Å². The van der Waals surface area contributed by atoms with Gasteiger partial charge in [-0.25, -0.2) is 8.42 Å². The molecule has 0 spiro atoms. The van der Waals surface area contributed by atoms with E-state index in [4.69, 9.17) is 5.84 Å². The molecule has 1 aromatic rings. The van der Waals surface area contributed by atoms with E-state index < -0.39 is 10.0 Å². The van der Waals surface area contributed by atoms with Crippen molar-refractivity contribution < 1.29 is 8.42 Å². The Kier molecular flexibility index (Phi) is 3.18. The zero-order valence-electron chi connectivity index (χ0n) is 6.84. The zero-order chi connectivity index (χ0) is 9.73. The first kappa shape index (κ1) is 9.91. The Hall–Kier alpha value is -1.17. The molecule has 3 N–H and O–H groups in total. The van der Waals surface area contributed by atoms with Crippen LogP contribution in [-0.4, -0.2) is 8.42 Å². The second-order valence-electron chi connectivity index (χ2n) is 2.38. The summed E-state index contributed by atoms with van der Waals surface area (Å²) >= 11 is 0. The van der Waals surface area contributed by atoms with Crippen LogP contribution in [0.5, 0.6) is 0 Å². The number of hydrogen-bond acceptors (Lipinski definition) is 3. The standard InChI is InChI=1S/C8H10N2O2S/c9-10-13(11,12)7-6-8-4-2-1-3-5-8/h1-7,10H,9H2. The van der Waals surface area contributed by atoms with Crippen LogP contribution in [0.25, 0.3) is 6.08 Å². The molecule has 0 amide bonds. The highest BCUT2D eigenvalue weighted by Crippen LogP contribution is 2.01. The minimum Gasteiger partial charge on any atom is -0.257 e. The summed E-state index contributed by atoms with van der Waals surface area (Å²) < 4.78 is 21.7. The van der Waals surface area contributed by atoms with E-state index in [-0.39, 0.29) is 0 Å². The molecule has 0 atom stereocenters. The van der Waals surface area contributed by atoms with Crippen LogP contribution < -0.4 is 10.7 Å². The summed E-state index contributed by atoms with van der Waals surface area (Å²) in [6, 6.07) is 9.09. The van der Waals surface area contributed by atoms with Gasteiger partial charge in [-0.15, -0.1) is 0 Å². The zero-order valence-corrected chi connectivity index (χ0v) is 7.66. The number of nitrogens with one attached hydrogen (secondary N) is 1. The first-order chi connectivity index (χ1) is 6.14. The van der Waals surface area contributed by atoms with Crippen molar-refractivity contribution in [3.63, 3.8) is 0 Å². The van der Waals surface area contributed by atoms with E-state index in [0.717, 1.165) is 11.0 Å². The van der Waals surface area contributed by atoms with E-state index in [2.05, 4.69) is 0 Å². The number of nitrogens with two attached hydrogens (primary N) is 1. The Morgan fingerprint density at radius 1 is 1.23 bits per heavy atom. The van der Waals surface area contributed by atoms with Gasteiger partial charge in [-0.3, -0.25) is 5.84 Å². The second kappa shape index (κ2) is 4.18. The summed E-state index contributed by atoms with van der Waals surface area (Å²) in [6.45, 7) is 0. The lowest BCUT2D eigenvalue weighted by Crippen LogP contribution is -2.27. The van der Waals surface area contributed by atoms with Crippen molar-refractivity contribution >= 4 is 16.1 Å². The Morgan fingerprint density at radius 2 is 1.85 bits per heavy atom. The Labute approximate surface area is 77.1 Å². The average molecular weight is 198 g/mol. The number of rotatable bonds is 3. The number of hydrazine groups is 1. The lowest BCUT2D eigenvalue weighted by atomic mass is 10.2. The Bertz CT molecular complexity index is 384. The third-order valence-corrected chi connectivity index (χ3v) is 2.23. The fourth-order valence-electron chi connectivity index (χ4n) is 0.772. The third kappa shape index (κ3) is 3.37. The molecular weight excluding hydrogens is 188 g/mol. The summed E-state index contributed by atoms with van der Waals surface area (Å²) in [7, 11) is -3.47. The molecule has 70 valence electrons. The molecule has 0 heterocycles. The maximum atomic E-state index is 10.8. The molecule has 4 nitrogen and oxygen atoms in total. The minimum atomic E-state index is -3.47. The van der Waals surface area contributed by atoms with Gasteiger partial charge in [-0.1, -0.05) is 30.3 Å². The van der Waals surface area contributed by atoms with Crippen molar-refractivity contribution in [3.05, 3.63) is 41.3 Å². The van der Waals surface area contributed by atoms with Gasteiger partial charge in [-0.05, 0) is 11.6 Å². The Balaban J connectivity index is 2.82. The van der Waals surface area contributed by atoms with Crippen LogP contribution in [0.4, 0.5) is 0 Å². The Morgan fingerprint density at radius 3 is 2.38 bits per heavy atom. The molecule has 0 aliphatic heterocycles. The van der Waals surface area contributed by atoms with Crippen molar-refractivity contribution in [2.75, 3.05) is 0 Å². The lowest BCUT2D eigenvalue weighted by Gasteiger charge is -1.93. The molecule has 0 unspecified atom stereocenters. The smallest absolute Gasteiger partial charge is 0.246 e. The molecule has 0 fully saturated rings. The quantitative estimate of drug-likeness (QED) is 0.547. The molecule has 0 saturated carbocycles. The molecule has 5 heteroatoms. The molecule has 0 bridgehead atoms. The highest BCUT2D eigenvalue weighted by Gasteiger charge is 1.98. The summed E-state index contributed by atoms with van der Waals surface area (Å²) in [6.07, 6.45) is 1.47. The van der Waals surface area contributed by atoms with Crippen LogP contribution in [0, 0.1) is 0 Å². The van der Waals surface area contributed by atoms with E-state index in [1.54, 1.807) is 17.0 Å². The van der Waals surface area contributed by atoms with Crippen molar-refractivity contribution in [3.8, 4) is 0 Å². The average Bonchev–Trinajstić information content (AvgIpc) is 2.17.